The number of halogens is 3. The summed E-state index contributed by atoms with van der Waals surface area (Å²) in [6.45, 7) is 0.304. The average Bonchev–Trinajstić information content (AvgIpc) is 2.79. The maximum Gasteiger partial charge on any atom is 0.266 e. The van der Waals surface area contributed by atoms with Crippen LogP contribution in [0.3, 0.4) is 0 Å². The van der Waals surface area contributed by atoms with Crippen LogP contribution in [0.1, 0.15) is 11.1 Å². The monoisotopic (exact) mass is 530 g/mol. The van der Waals surface area contributed by atoms with Crippen molar-refractivity contribution in [2.24, 2.45) is 0 Å². The van der Waals surface area contributed by atoms with Crippen molar-refractivity contribution in [1.82, 2.24) is 0 Å². The van der Waals surface area contributed by atoms with Crippen molar-refractivity contribution in [3.63, 3.8) is 0 Å². The van der Waals surface area contributed by atoms with Crippen LogP contribution in [0.2, 0.25) is 10.0 Å². The van der Waals surface area contributed by atoms with Crippen LogP contribution in [0.15, 0.2) is 70.7 Å². The molecule has 0 aliphatic carbocycles. The molecule has 0 bridgehead atoms. The average molecular weight is 532 g/mol. The second kappa shape index (κ2) is 11.1. The molecule has 0 aliphatic rings. The maximum atomic E-state index is 12.5. The van der Waals surface area contributed by atoms with Crippen molar-refractivity contribution >= 4 is 56.8 Å². The number of hydrogen-bond acceptors (Lipinski definition) is 4. The van der Waals surface area contributed by atoms with Crippen molar-refractivity contribution in [3.8, 4) is 17.6 Å². The number of carbonyl (C=O) groups excluding carboxylic acids is 1. The first-order valence-electron chi connectivity index (χ1n) is 9.33. The molecule has 0 saturated heterocycles. The van der Waals surface area contributed by atoms with Crippen LogP contribution in [0, 0.1) is 11.3 Å². The molecule has 5 nitrogen and oxygen atoms in total. The van der Waals surface area contributed by atoms with Gasteiger partial charge >= 0.3 is 0 Å². The highest BCUT2D eigenvalue weighted by Gasteiger charge is 2.11. The van der Waals surface area contributed by atoms with Gasteiger partial charge in [0.2, 0.25) is 0 Å². The lowest BCUT2D eigenvalue weighted by molar-refractivity contribution is -0.112. The van der Waals surface area contributed by atoms with Crippen LogP contribution in [0.4, 0.5) is 5.69 Å². The van der Waals surface area contributed by atoms with Crippen molar-refractivity contribution in [1.29, 1.82) is 5.26 Å². The van der Waals surface area contributed by atoms with E-state index in [9.17, 15) is 10.1 Å². The number of benzene rings is 3. The van der Waals surface area contributed by atoms with Crippen LogP contribution in [0.5, 0.6) is 11.5 Å². The molecular weight excluding hydrogens is 515 g/mol. The Morgan fingerprint density at radius 3 is 2.47 bits per heavy atom. The molecule has 0 saturated carbocycles. The highest BCUT2D eigenvalue weighted by Crippen LogP contribution is 2.29. The quantitative estimate of drug-likeness (QED) is 0.266. The van der Waals surface area contributed by atoms with Crippen LogP contribution in [-0.2, 0) is 11.4 Å². The molecule has 162 valence electrons. The van der Waals surface area contributed by atoms with Gasteiger partial charge in [-0.15, -0.1) is 0 Å². The van der Waals surface area contributed by atoms with Crippen molar-refractivity contribution in [3.05, 3.63) is 91.9 Å². The number of nitriles is 1. The molecule has 0 fully saturated rings. The number of ether oxygens (including phenoxy) is 2. The van der Waals surface area contributed by atoms with Crippen LogP contribution < -0.4 is 14.8 Å². The Morgan fingerprint density at radius 2 is 1.84 bits per heavy atom. The molecule has 0 heterocycles. The lowest BCUT2D eigenvalue weighted by Gasteiger charge is -2.10. The molecule has 3 aromatic rings. The van der Waals surface area contributed by atoms with E-state index in [0.29, 0.717) is 43.9 Å². The molecule has 3 rings (SSSR count). The molecule has 0 aliphatic heterocycles. The number of nitrogens with zero attached hydrogens (tertiary/aromatic N) is 1. The van der Waals surface area contributed by atoms with Crippen LogP contribution in [0.25, 0.3) is 6.08 Å². The summed E-state index contributed by atoms with van der Waals surface area (Å²) in [5.41, 5.74) is 2.07. The molecule has 8 heteroatoms. The Bertz CT molecular complexity index is 1200. The van der Waals surface area contributed by atoms with E-state index < -0.39 is 5.91 Å². The molecule has 0 spiro atoms. The van der Waals surface area contributed by atoms with Gasteiger partial charge in [-0.3, -0.25) is 4.79 Å². The summed E-state index contributed by atoms with van der Waals surface area (Å²) in [4.78, 5) is 12.5. The first kappa shape index (κ1) is 23.7. The van der Waals surface area contributed by atoms with Gasteiger partial charge in [-0.25, -0.2) is 0 Å². The molecule has 0 atom stereocenters. The fourth-order valence-electron chi connectivity index (χ4n) is 2.70. The Kier molecular flexibility index (Phi) is 8.18. The minimum absolute atomic E-state index is 0.0304. The normalized spacial score (nSPS) is 10.9. The smallest absolute Gasteiger partial charge is 0.266 e. The second-order valence-corrected chi connectivity index (χ2v) is 8.25. The maximum absolute atomic E-state index is 12.5. The van der Waals surface area contributed by atoms with E-state index in [4.69, 9.17) is 32.7 Å². The molecular formula is C24H17BrCl2N2O3. The largest absolute Gasteiger partial charge is 0.497 e. The fraction of sp³-hybridized carbons (Fsp3) is 0.0833. The van der Waals surface area contributed by atoms with Gasteiger partial charge in [-0.1, -0.05) is 35.3 Å². The standard InChI is InChI=1S/C24H17BrCl2N2O3/c1-31-19-6-4-18(5-7-19)29-24(30)17(13-28)10-15-3-9-23(20(25)11-15)32-14-16-2-8-21(26)22(27)12-16/h2-12H,14H2,1H3,(H,29,30)/b17-10-. The van der Waals surface area contributed by atoms with E-state index in [0.717, 1.165) is 5.56 Å². The Morgan fingerprint density at radius 1 is 1.09 bits per heavy atom. The predicted molar refractivity (Wildman–Crippen MR) is 130 cm³/mol. The SMILES string of the molecule is COc1ccc(NC(=O)/C(C#N)=C\c2ccc(OCc3ccc(Cl)c(Cl)c3)c(Br)c2)cc1. The zero-order valence-corrected chi connectivity index (χ0v) is 20.0. The van der Waals surface area contributed by atoms with E-state index in [1.807, 2.05) is 12.1 Å². The summed E-state index contributed by atoms with van der Waals surface area (Å²) in [7, 11) is 1.56. The second-order valence-electron chi connectivity index (χ2n) is 6.58. The summed E-state index contributed by atoms with van der Waals surface area (Å²) in [6, 6.07) is 19.3. The molecule has 1 amide bonds. The number of carbonyl (C=O) groups is 1. The van der Waals surface area contributed by atoms with Crippen molar-refractivity contribution < 1.29 is 14.3 Å². The third kappa shape index (κ3) is 6.27. The van der Waals surface area contributed by atoms with Gasteiger partial charge in [0.15, 0.2) is 0 Å². The fourth-order valence-corrected chi connectivity index (χ4v) is 3.53. The Labute approximate surface area is 204 Å². The Balaban J connectivity index is 1.69. The van der Waals surface area contributed by atoms with Gasteiger partial charge in [0, 0.05) is 5.69 Å². The van der Waals surface area contributed by atoms with Crippen LogP contribution in [-0.4, -0.2) is 13.0 Å². The molecule has 0 radical (unpaired) electrons. The van der Waals surface area contributed by atoms with Gasteiger partial charge in [0.1, 0.15) is 29.7 Å². The van der Waals surface area contributed by atoms with Gasteiger partial charge < -0.3 is 14.8 Å². The minimum atomic E-state index is -0.506. The third-order valence-corrected chi connectivity index (χ3v) is 5.72. The summed E-state index contributed by atoms with van der Waals surface area (Å²) in [5, 5.41) is 13.1. The molecule has 0 unspecified atom stereocenters. The Hall–Kier alpha value is -2.98. The lowest BCUT2D eigenvalue weighted by atomic mass is 10.1. The number of nitrogens with one attached hydrogen (secondary N) is 1. The number of anilines is 1. The number of amides is 1. The summed E-state index contributed by atoms with van der Waals surface area (Å²) in [5.74, 6) is 0.772. The van der Waals surface area contributed by atoms with Gasteiger partial charge in [-0.2, -0.15) is 5.26 Å². The van der Waals surface area contributed by atoms with Gasteiger partial charge in [-0.05, 0) is 81.7 Å². The molecule has 3 aromatic carbocycles. The number of rotatable bonds is 7. The summed E-state index contributed by atoms with van der Waals surface area (Å²) >= 11 is 15.4. The molecule has 0 aromatic heterocycles. The summed E-state index contributed by atoms with van der Waals surface area (Å²) < 4.78 is 11.6. The van der Waals surface area contributed by atoms with E-state index in [1.54, 1.807) is 61.7 Å². The zero-order valence-electron chi connectivity index (χ0n) is 16.9. The molecule has 32 heavy (non-hydrogen) atoms. The van der Waals surface area contributed by atoms with Gasteiger partial charge in [0.05, 0.1) is 21.6 Å². The third-order valence-electron chi connectivity index (χ3n) is 4.36. The van der Waals surface area contributed by atoms with E-state index in [-0.39, 0.29) is 5.57 Å². The predicted octanol–water partition coefficient (Wildman–Crippen LogP) is 6.89. The van der Waals surface area contributed by atoms with E-state index in [1.165, 1.54) is 6.08 Å². The topological polar surface area (TPSA) is 71.3 Å². The number of hydrogen-bond donors (Lipinski definition) is 1. The van der Waals surface area contributed by atoms with E-state index >= 15 is 0 Å². The zero-order chi connectivity index (χ0) is 23.1. The lowest BCUT2D eigenvalue weighted by Crippen LogP contribution is -2.13. The van der Waals surface area contributed by atoms with Crippen LogP contribution >= 0.6 is 39.1 Å². The summed E-state index contributed by atoms with van der Waals surface area (Å²) in [6.07, 6.45) is 1.51. The van der Waals surface area contributed by atoms with Crippen molar-refractivity contribution in [2.45, 2.75) is 6.61 Å². The number of methoxy groups -OCH3 is 1. The highest BCUT2D eigenvalue weighted by atomic mass is 79.9. The van der Waals surface area contributed by atoms with Crippen molar-refractivity contribution in [2.75, 3.05) is 12.4 Å². The first-order valence-corrected chi connectivity index (χ1v) is 10.9. The van der Waals surface area contributed by atoms with Gasteiger partial charge in [0.25, 0.3) is 5.91 Å². The van der Waals surface area contributed by atoms with E-state index in [2.05, 4.69) is 21.2 Å². The molecule has 1 N–H and O–H groups in total. The minimum Gasteiger partial charge on any atom is -0.497 e. The highest BCUT2D eigenvalue weighted by molar-refractivity contribution is 9.10. The first-order chi connectivity index (χ1) is 15.4.